The zero-order valence-corrected chi connectivity index (χ0v) is 8.08. The summed E-state index contributed by atoms with van der Waals surface area (Å²) in [5.41, 5.74) is 2.38. The van der Waals surface area contributed by atoms with Gasteiger partial charge in [-0.3, -0.25) is 0 Å². The van der Waals surface area contributed by atoms with Crippen LogP contribution in [0, 0.1) is 0 Å². The molecule has 0 aliphatic carbocycles. The Labute approximate surface area is 78.4 Å². The lowest BCUT2D eigenvalue weighted by Gasteiger charge is -2.07. The fourth-order valence-corrected chi connectivity index (χ4v) is 1.53. The van der Waals surface area contributed by atoms with Gasteiger partial charge in [-0.2, -0.15) is 0 Å². The predicted molar refractivity (Wildman–Crippen MR) is 54.9 cm³/mol. The second-order valence-corrected chi connectivity index (χ2v) is 3.53. The van der Waals surface area contributed by atoms with Gasteiger partial charge in [0.05, 0.1) is 6.26 Å². The van der Waals surface area contributed by atoms with Gasteiger partial charge in [-0.05, 0) is 36.1 Å². The minimum Gasteiger partial charge on any atom is -0.464 e. The summed E-state index contributed by atoms with van der Waals surface area (Å²) in [6.45, 7) is 4.46. The Hall–Kier alpha value is -1.24. The van der Waals surface area contributed by atoms with Crippen molar-refractivity contribution in [2.45, 2.75) is 26.2 Å². The van der Waals surface area contributed by atoms with Crippen LogP contribution in [0.2, 0.25) is 0 Å². The summed E-state index contributed by atoms with van der Waals surface area (Å²) in [4.78, 5) is 0. The highest BCUT2D eigenvalue weighted by atomic mass is 16.3. The van der Waals surface area contributed by atoms with E-state index < -0.39 is 0 Å². The maximum Gasteiger partial charge on any atom is 0.133 e. The van der Waals surface area contributed by atoms with Crippen LogP contribution in [0.25, 0.3) is 11.0 Å². The highest BCUT2D eigenvalue weighted by Gasteiger charge is 2.04. The summed E-state index contributed by atoms with van der Waals surface area (Å²) in [6.07, 6.45) is 2.93. The molecule has 0 spiro atoms. The van der Waals surface area contributed by atoms with Crippen LogP contribution in [0.15, 0.2) is 34.9 Å². The predicted octanol–water partition coefficient (Wildman–Crippen LogP) is 3.95. The Morgan fingerprint density at radius 1 is 1.31 bits per heavy atom. The van der Waals surface area contributed by atoms with Gasteiger partial charge in [0, 0.05) is 5.39 Å². The van der Waals surface area contributed by atoms with Crippen molar-refractivity contribution in [3.05, 3.63) is 36.1 Å². The third-order valence-corrected chi connectivity index (χ3v) is 2.66. The van der Waals surface area contributed by atoms with E-state index in [0.717, 1.165) is 5.58 Å². The first kappa shape index (κ1) is 8.36. The first-order valence-electron chi connectivity index (χ1n) is 4.78. The largest absolute Gasteiger partial charge is 0.464 e. The Balaban J connectivity index is 2.48. The van der Waals surface area contributed by atoms with Gasteiger partial charge >= 0.3 is 0 Å². The Kier molecular flexibility index (Phi) is 2.09. The highest BCUT2D eigenvalue weighted by molar-refractivity contribution is 5.77. The van der Waals surface area contributed by atoms with Crippen LogP contribution in [0.4, 0.5) is 0 Å². The number of fused-ring (bicyclic) bond motifs is 1. The zero-order chi connectivity index (χ0) is 9.26. The molecule has 1 aromatic carbocycles. The Morgan fingerprint density at radius 3 is 2.92 bits per heavy atom. The number of furan rings is 1. The summed E-state index contributed by atoms with van der Waals surface area (Å²) in [5.74, 6) is 0.638. The molecule has 1 unspecified atom stereocenters. The molecular formula is C12H14O. The minimum absolute atomic E-state index is 0.638. The molecule has 1 atom stereocenters. The summed E-state index contributed by atoms with van der Waals surface area (Å²) < 4.78 is 5.29. The molecule has 0 fully saturated rings. The highest BCUT2D eigenvalue weighted by Crippen LogP contribution is 2.23. The van der Waals surface area contributed by atoms with E-state index in [0.29, 0.717) is 5.92 Å². The number of rotatable bonds is 2. The van der Waals surface area contributed by atoms with E-state index >= 15 is 0 Å². The molecule has 0 aliphatic rings. The first-order valence-corrected chi connectivity index (χ1v) is 4.78. The van der Waals surface area contributed by atoms with Crippen molar-refractivity contribution in [3.8, 4) is 0 Å². The third-order valence-electron chi connectivity index (χ3n) is 2.66. The van der Waals surface area contributed by atoms with Gasteiger partial charge in [0.25, 0.3) is 0 Å². The lowest BCUT2D eigenvalue weighted by atomic mass is 9.98. The van der Waals surface area contributed by atoms with E-state index in [9.17, 15) is 0 Å². The molecule has 0 amide bonds. The fraction of sp³-hybridized carbons (Fsp3) is 0.333. The molecule has 0 saturated carbocycles. The first-order chi connectivity index (χ1) is 6.31. The number of hydrogen-bond donors (Lipinski definition) is 0. The summed E-state index contributed by atoms with van der Waals surface area (Å²) in [6, 6.07) is 8.44. The van der Waals surface area contributed by atoms with Crippen molar-refractivity contribution in [3.63, 3.8) is 0 Å². The van der Waals surface area contributed by atoms with Crippen LogP contribution in [-0.4, -0.2) is 0 Å². The van der Waals surface area contributed by atoms with E-state index in [2.05, 4.69) is 32.0 Å². The van der Waals surface area contributed by atoms with E-state index in [4.69, 9.17) is 4.42 Å². The second-order valence-electron chi connectivity index (χ2n) is 3.53. The zero-order valence-electron chi connectivity index (χ0n) is 8.08. The molecule has 0 N–H and O–H groups in total. The molecule has 2 aromatic rings. The lowest BCUT2D eigenvalue weighted by molar-refractivity contribution is 0.615. The molecule has 0 aliphatic heterocycles. The molecule has 1 aromatic heterocycles. The van der Waals surface area contributed by atoms with Crippen molar-refractivity contribution >= 4 is 11.0 Å². The van der Waals surface area contributed by atoms with Crippen molar-refractivity contribution in [2.75, 3.05) is 0 Å². The van der Waals surface area contributed by atoms with E-state index in [-0.39, 0.29) is 0 Å². The van der Waals surface area contributed by atoms with Crippen LogP contribution in [-0.2, 0) is 0 Å². The van der Waals surface area contributed by atoms with Crippen molar-refractivity contribution < 1.29 is 4.42 Å². The standard InChI is InChI=1S/C12H14O/c1-3-9(2)10-4-5-12-11(8-10)6-7-13-12/h4-9H,3H2,1-2H3. The van der Waals surface area contributed by atoms with Gasteiger partial charge in [-0.25, -0.2) is 0 Å². The lowest BCUT2D eigenvalue weighted by Crippen LogP contribution is -1.89. The van der Waals surface area contributed by atoms with Gasteiger partial charge < -0.3 is 4.42 Å². The maximum atomic E-state index is 5.29. The molecule has 0 bridgehead atoms. The van der Waals surface area contributed by atoms with E-state index in [1.165, 1.54) is 17.4 Å². The van der Waals surface area contributed by atoms with Crippen LogP contribution >= 0.6 is 0 Å². The van der Waals surface area contributed by atoms with Crippen LogP contribution in [0.1, 0.15) is 31.7 Å². The molecule has 1 heterocycles. The molecule has 1 heteroatoms. The topological polar surface area (TPSA) is 13.1 Å². The van der Waals surface area contributed by atoms with Crippen molar-refractivity contribution in [1.82, 2.24) is 0 Å². The van der Waals surface area contributed by atoms with E-state index in [1.54, 1.807) is 6.26 Å². The Bertz CT molecular complexity index is 400. The quantitative estimate of drug-likeness (QED) is 0.672. The summed E-state index contributed by atoms with van der Waals surface area (Å²) in [7, 11) is 0. The Morgan fingerprint density at radius 2 is 2.15 bits per heavy atom. The van der Waals surface area contributed by atoms with Gasteiger partial charge in [0.1, 0.15) is 5.58 Å². The summed E-state index contributed by atoms with van der Waals surface area (Å²) >= 11 is 0. The fourth-order valence-electron chi connectivity index (χ4n) is 1.53. The van der Waals surface area contributed by atoms with Crippen LogP contribution in [0.5, 0.6) is 0 Å². The molecule has 68 valence electrons. The number of hydrogen-bond acceptors (Lipinski definition) is 1. The van der Waals surface area contributed by atoms with Gasteiger partial charge in [-0.15, -0.1) is 0 Å². The molecule has 2 rings (SSSR count). The van der Waals surface area contributed by atoms with E-state index in [1.807, 2.05) is 6.07 Å². The summed E-state index contributed by atoms with van der Waals surface area (Å²) in [5, 5.41) is 1.21. The van der Waals surface area contributed by atoms with Crippen molar-refractivity contribution in [1.29, 1.82) is 0 Å². The molecule has 0 radical (unpaired) electrons. The van der Waals surface area contributed by atoms with Gasteiger partial charge in [-0.1, -0.05) is 19.9 Å². The number of benzene rings is 1. The van der Waals surface area contributed by atoms with Crippen molar-refractivity contribution in [2.24, 2.45) is 0 Å². The molecule has 13 heavy (non-hydrogen) atoms. The molecule has 0 saturated heterocycles. The molecule has 1 nitrogen and oxygen atoms in total. The normalized spacial score (nSPS) is 13.4. The third kappa shape index (κ3) is 1.46. The average molecular weight is 174 g/mol. The van der Waals surface area contributed by atoms with Crippen LogP contribution in [0.3, 0.4) is 0 Å². The molecular weight excluding hydrogens is 160 g/mol. The SMILES string of the molecule is CCC(C)c1ccc2occc2c1. The smallest absolute Gasteiger partial charge is 0.133 e. The van der Waals surface area contributed by atoms with Crippen LogP contribution < -0.4 is 0 Å². The minimum atomic E-state index is 0.638. The maximum absolute atomic E-state index is 5.29. The second kappa shape index (κ2) is 3.25. The monoisotopic (exact) mass is 174 g/mol. The van der Waals surface area contributed by atoms with Gasteiger partial charge in [0.15, 0.2) is 0 Å². The average Bonchev–Trinajstić information content (AvgIpc) is 2.63. The van der Waals surface area contributed by atoms with Gasteiger partial charge in [0.2, 0.25) is 0 Å².